The van der Waals surface area contributed by atoms with Gasteiger partial charge in [-0.3, -0.25) is 4.79 Å². The van der Waals surface area contributed by atoms with Crippen LogP contribution in [0.3, 0.4) is 0 Å². The first-order chi connectivity index (χ1) is 10.2. The number of rotatable bonds is 5. The Labute approximate surface area is 129 Å². The van der Waals surface area contributed by atoms with Gasteiger partial charge in [-0.1, -0.05) is 0 Å². The van der Waals surface area contributed by atoms with Gasteiger partial charge in [0.1, 0.15) is 0 Å². The fourth-order valence-electron chi connectivity index (χ4n) is 3.31. The van der Waals surface area contributed by atoms with Crippen LogP contribution in [0.5, 0.6) is 0 Å². The van der Waals surface area contributed by atoms with Crippen LogP contribution in [0.15, 0.2) is 11.4 Å². The second kappa shape index (κ2) is 6.07. The van der Waals surface area contributed by atoms with E-state index >= 15 is 0 Å². The molecule has 0 spiro atoms. The summed E-state index contributed by atoms with van der Waals surface area (Å²) in [7, 11) is 0. The number of amides is 1. The highest BCUT2D eigenvalue weighted by Crippen LogP contribution is 2.50. The van der Waals surface area contributed by atoms with Gasteiger partial charge in [0.15, 0.2) is 0 Å². The maximum atomic E-state index is 12.5. The molecule has 0 aromatic carbocycles. The summed E-state index contributed by atoms with van der Waals surface area (Å²) in [5, 5.41) is 14.6. The van der Waals surface area contributed by atoms with Crippen molar-refractivity contribution in [2.75, 3.05) is 19.8 Å². The lowest BCUT2D eigenvalue weighted by molar-refractivity contribution is -0.126. The first-order valence-electron chi connectivity index (χ1n) is 7.70. The molecule has 4 nitrogen and oxygen atoms in total. The molecule has 2 aliphatic rings. The number of thiophene rings is 1. The minimum absolute atomic E-state index is 0.110. The zero-order valence-corrected chi connectivity index (χ0v) is 13.2. The highest BCUT2D eigenvalue weighted by atomic mass is 32.1. The fourth-order valence-corrected chi connectivity index (χ4v) is 4.41. The molecular formula is C16H23NO3S. The van der Waals surface area contributed by atoms with E-state index in [-0.39, 0.29) is 24.0 Å². The minimum Gasteiger partial charge on any atom is -0.396 e. The van der Waals surface area contributed by atoms with Crippen molar-refractivity contribution in [1.82, 2.24) is 5.32 Å². The van der Waals surface area contributed by atoms with E-state index in [1.807, 2.05) is 0 Å². The largest absolute Gasteiger partial charge is 0.396 e. The van der Waals surface area contributed by atoms with Gasteiger partial charge in [0.25, 0.3) is 0 Å². The molecule has 2 atom stereocenters. The van der Waals surface area contributed by atoms with Crippen molar-refractivity contribution in [3.8, 4) is 0 Å². The first kappa shape index (κ1) is 15.0. The lowest BCUT2D eigenvalue weighted by atomic mass is 9.86. The predicted octanol–water partition coefficient (Wildman–Crippen LogP) is 2.21. The van der Waals surface area contributed by atoms with Gasteiger partial charge in [-0.15, -0.1) is 11.3 Å². The Morgan fingerprint density at radius 1 is 1.52 bits per heavy atom. The molecule has 1 saturated carbocycles. The van der Waals surface area contributed by atoms with Gasteiger partial charge < -0.3 is 15.2 Å². The SMILES string of the molecule is Cc1ccsc1[C@@H]1C[C@H]1C(=O)NC1(CCO)CCOCC1. The number of nitrogens with one attached hydrogen (secondary N) is 1. The van der Waals surface area contributed by atoms with Crippen molar-refractivity contribution in [2.24, 2.45) is 5.92 Å². The summed E-state index contributed by atoms with van der Waals surface area (Å²) in [5.74, 6) is 0.667. The average Bonchev–Trinajstić information content (AvgIpc) is 3.15. The highest BCUT2D eigenvalue weighted by molar-refractivity contribution is 7.10. The van der Waals surface area contributed by atoms with Crippen molar-refractivity contribution in [3.05, 3.63) is 21.9 Å². The third-order valence-electron chi connectivity index (χ3n) is 4.79. The summed E-state index contributed by atoms with van der Waals surface area (Å²) < 4.78 is 5.39. The number of aliphatic hydroxyl groups is 1. The van der Waals surface area contributed by atoms with Crippen molar-refractivity contribution in [2.45, 2.75) is 44.1 Å². The predicted molar refractivity (Wildman–Crippen MR) is 82.5 cm³/mol. The molecule has 0 unspecified atom stereocenters. The zero-order chi connectivity index (χ0) is 14.9. The third-order valence-corrected chi connectivity index (χ3v) is 5.95. The van der Waals surface area contributed by atoms with E-state index in [4.69, 9.17) is 4.74 Å². The van der Waals surface area contributed by atoms with Crippen LogP contribution in [0.1, 0.15) is 42.0 Å². The Morgan fingerprint density at radius 2 is 2.29 bits per heavy atom. The number of aryl methyl sites for hydroxylation is 1. The minimum atomic E-state index is -0.262. The van der Waals surface area contributed by atoms with Crippen molar-refractivity contribution in [3.63, 3.8) is 0 Å². The summed E-state index contributed by atoms with van der Waals surface area (Å²) in [6.45, 7) is 3.56. The Bertz CT molecular complexity index is 502. The maximum absolute atomic E-state index is 12.5. The lowest BCUT2D eigenvalue weighted by Gasteiger charge is -2.37. The number of hydrogen-bond acceptors (Lipinski definition) is 4. The number of hydrogen-bond donors (Lipinski definition) is 2. The van der Waals surface area contributed by atoms with Crippen LogP contribution in [0.2, 0.25) is 0 Å². The van der Waals surface area contributed by atoms with Gasteiger partial charge in [0.2, 0.25) is 5.91 Å². The van der Waals surface area contributed by atoms with Gasteiger partial charge >= 0.3 is 0 Å². The van der Waals surface area contributed by atoms with E-state index in [1.165, 1.54) is 10.4 Å². The standard InChI is InChI=1S/C16H23NO3S/c1-11-2-9-21-14(11)12-10-13(12)15(19)17-16(3-6-18)4-7-20-8-5-16/h2,9,12-13,18H,3-8,10H2,1H3,(H,17,19)/t12-,13-/m1/s1. The maximum Gasteiger partial charge on any atom is 0.224 e. The van der Waals surface area contributed by atoms with Crippen LogP contribution in [-0.2, 0) is 9.53 Å². The molecule has 2 N–H and O–H groups in total. The van der Waals surface area contributed by atoms with Crippen molar-refractivity contribution < 1.29 is 14.6 Å². The van der Waals surface area contributed by atoms with E-state index < -0.39 is 0 Å². The molecule has 1 amide bonds. The summed E-state index contributed by atoms with van der Waals surface area (Å²) in [6.07, 6.45) is 3.18. The second-order valence-electron chi connectivity index (χ2n) is 6.27. The molecule has 0 radical (unpaired) electrons. The van der Waals surface area contributed by atoms with E-state index in [0.717, 1.165) is 19.3 Å². The summed E-state index contributed by atoms with van der Waals surface area (Å²) in [6, 6.07) is 2.12. The van der Waals surface area contributed by atoms with E-state index in [0.29, 0.717) is 25.6 Å². The number of carbonyl (C=O) groups excluding carboxylic acids is 1. The third kappa shape index (κ3) is 3.15. The van der Waals surface area contributed by atoms with Gasteiger partial charge in [0, 0.05) is 42.1 Å². The van der Waals surface area contributed by atoms with Gasteiger partial charge in [-0.05, 0) is 49.6 Å². The van der Waals surface area contributed by atoms with Crippen LogP contribution in [0.25, 0.3) is 0 Å². The zero-order valence-electron chi connectivity index (χ0n) is 12.4. The number of aliphatic hydroxyl groups excluding tert-OH is 1. The van der Waals surface area contributed by atoms with Crippen molar-refractivity contribution in [1.29, 1.82) is 0 Å². The topological polar surface area (TPSA) is 58.6 Å². The molecule has 3 rings (SSSR count). The molecule has 1 aromatic heterocycles. The number of ether oxygens (including phenoxy) is 1. The molecule has 1 aliphatic carbocycles. The summed E-state index contributed by atoms with van der Waals surface area (Å²) >= 11 is 1.76. The first-order valence-corrected chi connectivity index (χ1v) is 8.58. The molecule has 116 valence electrons. The van der Waals surface area contributed by atoms with Gasteiger partial charge in [0.05, 0.1) is 0 Å². The quantitative estimate of drug-likeness (QED) is 0.877. The van der Waals surface area contributed by atoms with E-state index in [2.05, 4.69) is 23.7 Å². The van der Waals surface area contributed by atoms with Gasteiger partial charge in [-0.25, -0.2) is 0 Å². The number of carbonyl (C=O) groups is 1. The van der Waals surface area contributed by atoms with Gasteiger partial charge in [-0.2, -0.15) is 0 Å². The fraction of sp³-hybridized carbons (Fsp3) is 0.688. The molecule has 2 fully saturated rings. The Balaban J connectivity index is 1.62. The second-order valence-corrected chi connectivity index (χ2v) is 7.22. The summed E-state index contributed by atoms with van der Waals surface area (Å²) in [4.78, 5) is 13.9. The molecule has 1 saturated heterocycles. The van der Waals surface area contributed by atoms with E-state index in [9.17, 15) is 9.90 Å². The lowest BCUT2D eigenvalue weighted by Crippen LogP contribution is -2.53. The molecular weight excluding hydrogens is 286 g/mol. The molecule has 0 bridgehead atoms. The van der Waals surface area contributed by atoms with E-state index in [1.54, 1.807) is 11.3 Å². The average molecular weight is 309 g/mol. The Hall–Kier alpha value is -0.910. The Morgan fingerprint density at radius 3 is 2.90 bits per heavy atom. The molecule has 5 heteroatoms. The van der Waals surface area contributed by atoms with Crippen LogP contribution in [0, 0.1) is 12.8 Å². The van der Waals surface area contributed by atoms with Crippen LogP contribution >= 0.6 is 11.3 Å². The smallest absolute Gasteiger partial charge is 0.224 e. The molecule has 1 aliphatic heterocycles. The normalized spacial score (nSPS) is 27.3. The van der Waals surface area contributed by atoms with Crippen molar-refractivity contribution >= 4 is 17.2 Å². The van der Waals surface area contributed by atoms with Crippen LogP contribution in [0.4, 0.5) is 0 Å². The highest BCUT2D eigenvalue weighted by Gasteiger charge is 2.47. The molecule has 2 heterocycles. The van der Waals surface area contributed by atoms with Crippen LogP contribution < -0.4 is 5.32 Å². The monoisotopic (exact) mass is 309 g/mol. The molecule has 1 aromatic rings. The Kier molecular flexibility index (Phi) is 4.33. The summed E-state index contributed by atoms with van der Waals surface area (Å²) in [5.41, 5.74) is 1.04. The van der Waals surface area contributed by atoms with Crippen LogP contribution in [-0.4, -0.2) is 36.4 Å². The molecule has 21 heavy (non-hydrogen) atoms.